The molecule has 3 aromatic rings. The average molecular weight is 523 g/mol. The number of hydrogen-bond acceptors (Lipinski definition) is 8. The van der Waals surface area contributed by atoms with Crippen molar-refractivity contribution in [2.45, 2.75) is 62.3 Å². The molecule has 0 amide bonds. The van der Waals surface area contributed by atoms with Gasteiger partial charge in [0.1, 0.15) is 5.58 Å². The lowest BCUT2D eigenvalue weighted by Crippen LogP contribution is -2.28. The Bertz CT molecular complexity index is 1460. The van der Waals surface area contributed by atoms with Crippen LogP contribution >= 0.6 is 0 Å². The molecule has 2 aromatic carbocycles. The molecule has 0 fully saturated rings. The van der Waals surface area contributed by atoms with Crippen LogP contribution in [0.1, 0.15) is 62.3 Å². The van der Waals surface area contributed by atoms with Crippen LogP contribution in [0.5, 0.6) is 17.2 Å². The van der Waals surface area contributed by atoms with Crippen LogP contribution < -0.4 is 19.6 Å². The zero-order valence-corrected chi connectivity index (χ0v) is 23.3. The van der Waals surface area contributed by atoms with Gasteiger partial charge in [0.25, 0.3) is 0 Å². The first-order valence-corrected chi connectivity index (χ1v) is 12.3. The van der Waals surface area contributed by atoms with Gasteiger partial charge < -0.3 is 18.6 Å². The molecule has 202 valence electrons. The van der Waals surface area contributed by atoms with E-state index in [1.54, 1.807) is 86.6 Å². The third-order valence-corrected chi connectivity index (χ3v) is 5.40. The fourth-order valence-electron chi connectivity index (χ4n) is 2.97. The minimum absolute atomic E-state index is 0.0163. The zero-order chi connectivity index (χ0) is 28.6. The maximum absolute atomic E-state index is 13.4. The summed E-state index contributed by atoms with van der Waals surface area (Å²) in [7, 11) is 0. The monoisotopic (exact) mass is 522 g/mol. The summed E-state index contributed by atoms with van der Waals surface area (Å²) in [6.45, 7) is 15.2. The van der Waals surface area contributed by atoms with Crippen molar-refractivity contribution >= 4 is 28.9 Å². The highest BCUT2D eigenvalue weighted by Gasteiger charge is 2.31. The second-order valence-electron chi connectivity index (χ2n) is 12.2. The van der Waals surface area contributed by atoms with Crippen LogP contribution in [0, 0.1) is 16.2 Å². The van der Waals surface area contributed by atoms with Crippen molar-refractivity contribution in [2.24, 2.45) is 16.2 Å². The normalized spacial score (nSPS) is 12.2. The Balaban J connectivity index is 2.25. The predicted molar refractivity (Wildman–Crippen MR) is 143 cm³/mol. The number of carbonyl (C=O) groups is 3. The van der Waals surface area contributed by atoms with Gasteiger partial charge in [0.2, 0.25) is 11.2 Å². The van der Waals surface area contributed by atoms with E-state index in [9.17, 15) is 19.2 Å². The lowest BCUT2D eigenvalue weighted by atomic mass is 9.97. The summed E-state index contributed by atoms with van der Waals surface area (Å²) in [4.78, 5) is 51.5. The smallest absolute Gasteiger partial charge is 0.316 e. The molecule has 0 bridgehead atoms. The van der Waals surface area contributed by atoms with Crippen molar-refractivity contribution in [1.82, 2.24) is 0 Å². The van der Waals surface area contributed by atoms with Crippen LogP contribution in [-0.4, -0.2) is 17.9 Å². The summed E-state index contributed by atoms with van der Waals surface area (Å²) in [6, 6.07) is 11.0. The molecular weight excluding hydrogens is 488 g/mol. The fraction of sp³-hybridized carbons (Fsp3) is 0.400. The second kappa shape index (κ2) is 10.1. The molecule has 1 heterocycles. The van der Waals surface area contributed by atoms with Gasteiger partial charge in [-0.05, 0) is 92.6 Å². The third kappa shape index (κ3) is 6.30. The molecule has 8 nitrogen and oxygen atoms in total. The summed E-state index contributed by atoms with van der Waals surface area (Å²) in [5, 5.41) is 0.239. The van der Waals surface area contributed by atoms with E-state index in [0.29, 0.717) is 0 Å². The predicted octanol–water partition coefficient (Wildman–Crippen LogP) is 6.31. The molecule has 1 aromatic heterocycles. The van der Waals surface area contributed by atoms with Crippen LogP contribution in [0.4, 0.5) is 0 Å². The molecule has 0 aliphatic carbocycles. The minimum atomic E-state index is -0.895. The van der Waals surface area contributed by atoms with E-state index >= 15 is 0 Å². The number of benzene rings is 2. The molecule has 0 unspecified atom stereocenters. The Morgan fingerprint density at radius 3 is 1.71 bits per heavy atom. The van der Waals surface area contributed by atoms with Crippen molar-refractivity contribution in [2.75, 3.05) is 0 Å². The molecule has 8 heteroatoms. The van der Waals surface area contributed by atoms with Crippen molar-refractivity contribution < 1.29 is 33.0 Å². The van der Waals surface area contributed by atoms with E-state index in [1.165, 1.54) is 18.2 Å². The Kier molecular flexibility index (Phi) is 7.59. The number of hydrogen-bond donors (Lipinski definition) is 0. The van der Waals surface area contributed by atoms with Crippen LogP contribution in [0.15, 0.2) is 51.7 Å². The van der Waals surface area contributed by atoms with Gasteiger partial charge in [-0.15, -0.1) is 0 Å². The number of ether oxygens (including phenoxy) is 3. The van der Waals surface area contributed by atoms with Crippen molar-refractivity contribution in [3.8, 4) is 28.6 Å². The molecule has 0 spiro atoms. The van der Waals surface area contributed by atoms with Gasteiger partial charge in [0, 0.05) is 5.56 Å². The average Bonchev–Trinajstić information content (AvgIpc) is 2.79. The Labute approximate surface area is 221 Å². The summed E-state index contributed by atoms with van der Waals surface area (Å²) in [6.07, 6.45) is 0. The van der Waals surface area contributed by atoms with Crippen LogP contribution in [0.2, 0.25) is 0 Å². The van der Waals surface area contributed by atoms with Gasteiger partial charge in [-0.25, -0.2) is 0 Å². The van der Waals surface area contributed by atoms with E-state index < -0.39 is 39.6 Å². The van der Waals surface area contributed by atoms with E-state index in [-0.39, 0.29) is 39.5 Å². The molecular formula is C30H34O8. The molecule has 0 saturated carbocycles. The first kappa shape index (κ1) is 28.6. The first-order chi connectivity index (χ1) is 17.4. The van der Waals surface area contributed by atoms with Gasteiger partial charge in [-0.3, -0.25) is 19.2 Å². The van der Waals surface area contributed by atoms with E-state index in [1.807, 2.05) is 0 Å². The van der Waals surface area contributed by atoms with Crippen molar-refractivity contribution in [3.05, 3.63) is 52.7 Å². The summed E-state index contributed by atoms with van der Waals surface area (Å²) in [5.41, 5.74) is -2.55. The Morgan fingerprint density at radius 2 is 1.16 bits per heavy atom. The standard InChI is InChI=1S/C30H34O8/c1-28(2,3)25(32)36-20-15-14-17(16-21(20)37-26(33)29(4,5)6)23-24(38-27(34)30(7,8)9)22(31)18-12-10-11-13-19(18)35-23/h10-16H,1-9H3. The molecule has 3 rings (SSSR count). The molecule has 38 heavy (non-hydrogen) atoms. The number of carbonyl (C=O) groups excluding carboxylic acids is 3. The number of fused-ring (bicyclic) bond motifs is 1. The molecule has 0 N–H and O–H groups in total. The largest absolute Gasteiger partial charge is 0.452 e. The molecule has 0 aliphatic heterocycles. The Hall–Kier alpha value is -3.94. The SMILES string of the molecule is CC(C)(C)C(=O)Oc1ccc(-c2oc3ccccc3c(=O)c2OC(=O)C(C)(C)C)cc1OC(=O)C(C)(C)C. The lowest BCUT2D eigenvalue weighted by molar-refractivity contribution is -0.145. The topological polar surface area (TPSA) is 109 Å². The van der Waals surface area contributed by atoms with Crippen LogP contribution in [0.3, 0.4) is 0 Å². The molecule has 0 radical (unpaired) electrons. The van der Waals surface area contributed by atoms with E-state index in [0.717, 1.165) is 0 Å². The fourth-order valence-corrected chi connectivity index (χ4v) is 2.97. The third-order valence-electron chi connectivity index (χ3n) is 5.40. The zero-order valence-electron chi connectivity index (χ0n) is 23.3. The minimum Gasteiger partial charge on any atom is -0.452 e. The summed E-state index contributed by atoms with van der Waals surface area (Å²) in [5.74, 6) is -2.09. The number of esters is 3. The van der Waals surface area contributed by atoms with E-state index in [2.05, 4.69) is 0 Å². The van der Waals surface area contributed by atoms with Crippen LogP contribution in [-0.2, 0) is 14.4 Å². The quantitative estimate of drug-likeness (QED) is 0.289. The number of rotatable bonds is 4. The summed E-state index contributed by atoms with van der Waals surface area (Å²) < 4.78 is 22.8. The van der Waals surface area contributed by atoms with Crippen molar-refractivity contribution in [3.63, 3.8) is 0 Å². The summed E-state index contributed by atoms with van der Waals surface area (Å²) >= 11 is 0. The maximum Gasteiger partial charge on any atom is 0.316 e. The van der Waals surface area contributed by atoms with E-state index in [4.69, 9.17) is 18.6 Å². The lowest BCUT2D eigenvalue weighted by Gasteiger charge is -2.21. The van der Waals surface area contributed by atoms with Crippen molar-refractivity contribution in [1.29, 1.82) is 0 Å². The number of para-hydroxylation sites is 1. The van der Waals surface area contributed by atoms with Crippen LogP contribution in [0.25, 0.3) is 22.3 Å². The Morgan fingerprint density at radius 1 is 0.658 bits per heavy atom. The van der Waals surface area contributed by atoms with Gasteiger partial charge in [-0.2, -0.15) is 0 Å². The highest BCUT2D eigenvalue weighted by atomic mass is 16.6. The van der Waals surface area contributed by atoms with Gasteiger partial charge in [0.15, 0.2) is 17.3 Å². The highest BCUT2D eigenvalue weighted by Crippen LogP contribution is 2.39. The maximum atomic E-state index is 13.4. The van der Waals surface area contributed by atoms with Gasteiger partial charge in [-0.1, -0.05) is 12.1 Å². The highest BCUT2D eigenvalue weighted by molar-refractivity contribution is 5.87. The molecule has 0 atom stereocenters. The first-order valence-electron chi connectivity index (χ1n) is 12.3. The second-order valence-corrected chi connectivity index (χ2v) is 12.2. The van der Waals surface area contributed by atoms with Gasteiger partial charge >= 0.3 is 17.9 Å². The molecule has 0 saturated heterocycles. The molecule has 0 aliphatic rings. The van der Waals surface area contributed by atoms with Gasteiger partial charge in [0.05, 0.1) is 21.6 Å².